The molecule has 0 aliphatic carbocycles. The van der Waals surface area contributed by atoms with Gasteiger partial charge in [-0.3, -0.25) is 4.98 Å². The number of nitrogens with zero attached hydrogens (tertiary/aromatic N) is 3. The molecule has 2 atom stereocenters. The number of rotatable bonds is 6. The van der Waals surface area contributed by atoms with Gasteiger partial charge in [-0.05, 0) is 60.7 Å². The lowest BCUT2D eigenvalue weighted by molar-refractivity contribution is 0.276. The lowest BCUT2D eigenvalue weighted by atomic mass is 10.0. The summed E-state index contributed by atoms with van der Waals surface area (Å²) in [4.78, 5) is 6.76. The van der Waals surface area contributed by atoms with Crippen molar-refractivity contribution in [2.75, 3.05) is 0 Å². The molecular formula is C22H20N4O2S. The summed E-state index contributed by atoms with van der Waals surface area (Å²) < 4.78 is 13.4. The Morgan fingerprint density at radius 2 is 1.72 bits per heavy atom. The van der Waals surface area contributed by atoms with Gasteiger partial charge in [0.15, 0.2) is 5.11 Å². The van der Waals surface area contributed by atoms with Gasteiger partial charge in [0.05, 0.1) is 43.4 Å². The number of hydrogen-bond donors (Lipinski definition) is 1. The van der Waals surface area contributed by atoms with Crippen molar-refractivity contribution < 1.29 is 8.83 Å². The van der Waals surface area contributed by atoms with Crippen LogP contribution in [0, 0.1) is 0 Å². The first-order chi connectivity index (χ1) is 14.3. The van der Waals surface area contributed by atoms with Gasteiger partial charge in [0.25, 0.3) is 0 Å². The summed E-state index contributed by atoms with van der Waals surface area (Å²) in [7, 11) is 0. The lowest BCUT2D eigenvalue weighted by Gasteiger charge is -2.28. The fraction of sp³-hybridized carbons (Fsp3) is 0.182. The van der Waals surface area contributed by atoms with Crippen molar-refractivity contribution in [3.05, 3.63) is 102 Å². The summed E-state index contributed by atoms with van der Waals surface area (Å²) in [5, 5.41) is 4.16. The van der Waals surface area contributed by atoms with Crippen LogP contribution in [0.15, 0.2) is 88.4 Å². The average molecular weight is 404 g/mol. The van der Waals surface area contributed by atoms with Crippen LogP contribution in [-0.2, 0) is 13.1 Å². The van der Waals surface area contributed by atoms with E-state index in [-0.39, 0.29) is 12.1 Å². The minimum absolute atomic E-state index is 0.0348. The molecule has 1 aliphatic heterocycles. The van der Waals surface area contributed by atoms with E-state index in [1.165, 1.54) is 0 Å². The quantitative estimate of drug-likeness (QED) is 0.484. The Morgan fingerprint density at radius 1 is 0.931 bits per heavy atom. The maximum atomic E-state index is 5.72. The summed E-state index contributed by atoms with van der Waals surface area (Å²) in [6.45, 7) is 1.24. The van der Waals surface area contributed by atoms with E-state index >= 15 is 0 Å². The van der Waals surface area contributed by atoms with Crippen LogP contribution in [0.1, 0.15) is 35.0 Å². The molecule has 5 rings (SSSR count). The predicted octanol–water partition coefficient (Wildman–Crippen LogP) is 4.29. The molecule has 0 bridgehead atoms. The van der Waals surface area contributed by atoms with Crippen molar-refractivity contribution in [1.82, 2.24) is 19.8 Å². The second-order valence-corrected chi connectivity index (χ2v) is 7.36. The third-order valence-corrected chi connectivity index (χ3v) is 5.53. The van der Waals surface area contributed by atoms with Crippen LogP contribution >= 0.6 is 12.2 Å². The number of nitrogens with one attached hydrogen (secondary N) is 1. The van der Waals surface area contributed by atoms with Crippen LogP contribution in [0.5, 0.6) is 0 Å². The van der Waals surface area contributed by atoms with E-state index < -0.39 is 0 Å². The number of pyridine rings is 1. The molecule has 1 saturated heterocycles. The number of thiocarbonyl (C=S) groups is 1. The first-order valence-electron chi connectivity index (χ1n) is 9.47. The van der Waals surface area contributed by atoms with Gasteiger partial charge in [-0.2, -0.15) is 0 Å². The molecule has 7 heteroatoms. The molecule has 5 heterocycles. The van der Waals surface area contributed by atoms with Crippen molar-refractivity contribution in [3.8, 4) is 0 Å². The highest BCUT2D eigenvalue weighted by Gasteiger charge is 2.41. The first-order valence-corrected chi connectivity index (χ1v) is 9.88. The van der Waals surface area contributed by atoms with E-state index in [2.05, 4.69) is 38.1 Å². The van der Waals surface area contributed by atoms with Gasteiger partial charge in [0.1, 0.15) is 11.5 Å². The number of furan rings is 2. The zero-order chi connectivity index (χ0) is 19.6. The average Bonchev–Trinajstić information content (AvgIpc) is 3.53. The minimum atomic E-state index is -0.0658. The maximum Gasteiger partial charge on any atom is 0.170 e. The molecule has 0 saturated carbocycles. The second-order valence-electron chi connectivity index (χ2n) is 6.97. The molecule has 29 heavy (non-hydrogen) atoms. The third kappa shape index (κ3) is 3.45. The van der Waals surface area contributed by atoms with Gasteiger partial charge in [-0.15, -0.1) is 0 Å². The Kier molecular flexibility index (Phi) is 4.65. The summed E-state index contributed by atoms with van der Waals surface area (Å²) in [6.07, 6.45) is 7.27. The summed E-state index contributed by atoms with van der Waals surface area (Å²) >= 11 is 5.72. The Labute approximate surface area is 173 Å². The molecular weight excluding hydrogens is 384 g/mol. The second kappa shape index (κ2) is 7.60. The molecule has 4 aromatic heterocycles. The molecule has 146 valence electrons. The summed E-state index contributed by atoms with van der Waals surface area (Å²) in [5.41, 5.74) is 2.09. The smallest absolute Gasteiger partial charge is 0.170 e. The highest BCUT2D eigenvalue weighted by Crippen LogP contribution is 2.39. The lowest BCUT2D eigenvalue weighted by Crippen LogP contribution is -2.30. The molecule has 0 amide bonds. The van der Waals surface area contributed by atoms with Crippen LogP contribution in [0.25, 0.3) is 0 Å². The fourth-order valence-corrected chi connectivity index (χ4v) is 4.18. The Morgan fingerprint density at radius 3 is 2.41 bits per heavy atom. The molecule has 1 fully saturated rings. The summed E-state index contributed by atoms with van der Waals surface area (Å²) in [6, 6.07) is 17.8. The van der Waals surface area contributed by atoms with Crippen molar-refractivity contribution in [2.45, 2.75) is 25.2 Å². The Balaban J connectivity index is 1.55. The minimum Gasteiger partial charge on any atom is -0.467 e. The van der Waals surface area contributed by atoms with Gasteiger partial charge in [-0.25, -0.2) is 0 Å². The Hall–Kier alpha value is -3.32. The molecule has 0 radical (unpaired) electrons. The van der Waals surface area contributed by atoms with Crippen molar-refractivity contribution in [2.24, 2.45) is 0 Å². The van der Waals surface area contributed by atoms with Crippen LogP contribution in [0.4, 0.5) is 0 Å². The summed E-state index contributed by atoms with van der Waals surface area (Å²) in [5.74, 6) is 1.77. The van der Waals surface area contributed by atoms with Gasteiger partial charge in [0.2, 0.25) is 0 Å². The largest absolute Gasteiger partial charge is 0.467 e. The molecule has 4 aromatic rings. The SMILES string of the molecule is S=C1N[C@@H](c2ccccn2)[C@@H](c2cccn2Cc2ccco2)N1Cc1ccco1. The van der Waals surface area contributed by atoms with Crippen LogP contribution < -0.4 is 5.32 Å². The van der Waals surface area contributed by atoms with E-state index in [4.69, 9.17) is 21.1 Å². The van der Waals surface area contributed by atoms with Crippen LogP contribution in [-0.4, -0.2) is 19.6 Å². The van der Waals surface area contributed by atoms with Gasteiger partial charge < -0.3 is 23.6 Å². The molecule has 6 nitrogen and oxygen atoms in total. The molecule has 0 spiro atoms. The van der Waals surface area contributed by atoms with E-state index in [0.717, 1.165) is 22.9 Å². The maximum absolute atomic E-state index is 5.72. The van der Waals surface area contributed by atoms with E-state index in [9.17, 15) is 0 Å². The zero-order valence-electron chi connectivity index (χ0n) is 15.6. The first kappa shape index (κ1) is 17.8. The standard InChI is InChI=1S/C22H20N4O2S/c29-22-24-20(18-8-1-2-10-23-18)21(26(22)15-17-7-5-13-28-17)19-9-3-11-25(19)14-16-6-4-12-27-16/h1-13,20-21H,14-15H2,(H,24,29)/t20-,21+/m0/s1. The van der Waals surface area contributed by atoms with Gasteiger partial charge >= 0.3 is 0 Å². The van der Waals surface area contributed by atoms with Crippen LogP contribution in [0.3, 0.4) is 0 Å². The molecule has 1 N–H and O–H groups in total. The predicted molar refractivity (Wildman–Crippen MR) is 112 cm³/mol. The molecule has 1 aliphatic rings. The van der Waals surface area contributed by atoms with Crippen LogP contribution in [0.2, 0.25) is 0 Å². The highest BCUT2D eigenvalue weighted by molar-refractivity contribution is 7.80. The third-order valence-electron chi connectivity index (χ3n) is 5.18. The topological polar surface area (TPSA) is 59.4 Å². The van der Waals surface area contributed by atoms with Gasteiger partial charge in [-0.1, -0.05) is 6.07 Å². The molecule has 0 aromatic carbocycles. The number of hydrogen-bond acceptors (Lipinski definition) is 4. The number of aromatic nitrogens is 2. The highest BCUT2D eigenvalue weighted by atomic mass is 32.1. The van der Waals surface area contributed by atoms with Crippen molar-refractivity contribution in [1.29, 1.82) is 0 Å². The Bertz CT molecular complexity index is 1070. The van der Waals surface area contributed by atoms with E-state index in [1.807, 2.05) is 48.7 Å². The zero-order valence-corrected chi connectivity index (χ0v) is 16.5. The van der Waals surface area contributed by atoms with Crippen molar-refractivity contribution >= 4 is 17.3 Å². The molecule has 0 unspecified atom stereocenters. The van der Waals surface area contributed by atoms with E-state index in [1.54, 1.807) is 12.5 Å². The van der Waals surface area contributed by atoms with E-state index in [0.29, 0.717) is 18.2 Å². The van der Waals surface area contributed by atoms with Crippen molar-refractivity contribution in [3.63, 3.8) is 0 Å². The normalized spacial score (nSPS) is 18.9. The van der Waals surface area contributed by atoms with Gasteiger partial charge in [0, 0.05) is 18.1 Å². The fourth-order valence-electron chi connectivity index (χ4n) is 3.88. The monoisotopic (exact) mass is 404 g/mol.